The molecule has 0 aliphatic heterocycles. The molecule has 3 aromatic rings. The number of aromatic nitrogens is 1. The molecule has 0 aliphatic rings. The molecule has 0 saturated heterocycles. The molecular formula is C18H15NO5. The quantitative estimate of drug-likeness (QED) is 0.770. The predicted molar refractivity (Wildman–Crippen MR) is 89.4 cm³/mol. The molecule has 0 aliphatic carbocycles. The summed E-state index contributed by atoms with van der Waals surface area (Å²) in [7, 11) is 3.16. The number of benzene rings is 2. The van der Waals surface area contributed by atoms with Crippen LogP contribution in [0.15, 0.2) is 40.8 Å². The summed E-state index contributed by atoms with van der Waals surface area (Å²) in [4.78, 5) is 15.5. The van der Waals surface area contributed by atoms with Crippen molar-refractivity contribution in [2.24, 2.45) is 0 Å². The van der Waals surface area contributed by atoms with Crippen molar-refractivity contribution in [2.75, 3.05) is 14.2 Å². The third kappa shape index (κ3) is 3.08. The summed E-state index contributed by atoms with van der Waals surface area (Å²) in [6.07, 6.45) is 3.45. The van der Waals surface area contributed by atoms with Crippen LogP contribution in [0.2, 0.25) is 0 Å². The first-order valence-corrected chi connectivity index (χ1v) is 7.14. The summed E-state index contributed by atoms with van der Waals surface area (Å²) in [5, 5.41) is 9.19. The molecule has 6 nitrogen and oxygen atoms in total. The van der Waals surface area contributed by atoms with Gasteiger partial charge < -0.3 is 19.0 Å². The smallest absolute Gasteiger partial charge is 0.338 e. The van der Waals surface area contributed by atoms with Crippen LogP contribution in [0, 0.1) is 0 Å². The van der Waals surface area contributed by atoms with Crippen molar-refractivity contribution >= 4 is 29.2 Å². The Morgan fingerprint density at radius 1 is 1.12 bits per heavy atom. The minimum absolute atomic E-state index is 0.110. The number of methoxy groups -OCH3 is 2. The highest BCUT2D eigenvalue weighted by molar-refractivity contribution is 6.00. The van der Waals surface area contributed by atoms with E-state index < -0.39 is 5.97 Å². The summed E-state index contributed by atoms with van der Waals surface area (Å²) < 4.78 is 16.0. The van der Waals surface area contributed by atoms with Gasteiger partial charge in [0.25, 0.3) is 0 Å². The molecule has 6 heteroatoms. The van der Waals surface area contributed by atoms with Gasteiger partial charge in [-0.15, -0.1) is 0 Å². The Hall–Kier alpha value is -3.28. The molecule has 1 N–H and O–H groups in total. The number of ether oxygens (including phenoxy) is 2. The Balaban J connectivity index is 1.96. The number of rotatable bonds is 5. The Kier molecular flexibility index (Phi) is 4.20. The van der Waals surface area contributed by atoms with Gasteiger partial charge in [0.2, 0.25) is 5.89 Å². The molecule has 3 rings (SSSR count). The van der Waals surface area contributed by atoms with Gasteiger partial charge in [0.15, 0.2) is 5.58 Å². The van der Waals surface area contributed by atoms with Crippen molar-refractivity contribution in [3.63, 3.8) is 0 Å². The standard InChI is InChI=1S/C18H15NO5/c1-22-12-8-11(9-13(10-12)23-2)6-7-16-19-17-14(18(20)21)4-3-5-15(17)24-16/h3-10H,1-2H3,(H,20,21)/b7-6+. The molecule has 0 fully saturated rings. The molecule has 1 heterocycles. The van der Waals surface area contributed by atoms with Gasteiger partial charge in [-0.05, 0) is 35.9 Å². The minimum Gasteiger partial charge on any atom is -0.497 e. The zero-order valence-electron chi connectivity index (χ0n) is 13.1. The van der Waals surface area contributed by atoms with Crippen LogP contribution in [0.4, 0.5) is 0 Å². The zero-order chi connectivity index (χ0) is 17.1. The number of nitrogens with zero attached hydrogens (tertiary/aromatic N) is 1. The van der Waals surface area contributed by atoms with E-state index in [0.717, 1.165) is 5.56 Å². The number of para-hydroxylation sites is 1. The van der Waals surface area contributed by atoms with Gasteiger partial charge in [0, 0.05) is 12.1 Å². The fourth-order valence-corrected chi connectivity index (χ4v) is 2.30. The Labute approximate surface area is 138 Å². The maximum absolute atomic E-state index is 11.2. The predicted octanol–water partition coefficient (Wildman–Crippen LogP) is 3.71. The summed E-state index contributed by atoms with van der Waals surface area (Å²) in [5.41, 5.74) is 1.71. The van der Waals surface area contributed by atoms with Crippen molar-refractivity contribution in [3.8, 4) is 11.5 Å². The van der Waals surface area contributed by atoms with Crippen LogP contribution in [-0.4, -0.2) is 30.3 Å². The highest BCUT2D eigenvalue weighted by atomic mass is 16.5. The lowest BCUT2D eigenvalue weighted by atomic mass is 10.2. The normalized spacial score (nSPS) is 11.1. The fraction of sp³-hybridized carbons (Fsp3) is 0.111. The van der Waals surface area contributed by atoms with E-state index in [1.165, 1.54) is 6.07 Å². The number of hydrogen-bond donors (Lipinski definition) is 1. The van der Waals surface area contributed by atoms with E-state index in [1.54, 1.807) is 44.6 Å². The monoisotopic (exact) mass is 325 g/mol. The van der Waals surface area contributed by atoms with E-state index in [-0.39, 0.29) is 5.56 Å². The lowest BCUT2D eigenvalue weighted by Gasteiger charge is -2.05. The average Bonchev–Trinajstić information content (AvgIpc) is 3.02. The Bertz CT molecular complexity index is 904. The van der Waals surface area contributed by atoms with Gasteiger partial charge in [0.1, 0.15) is 17.0 Å². The second kappa shape index (κ2) is 6.45. The molecule has 0 spiro atoms. The molecule has 0 amide bonds. The van der Waals surface area contributed by atoms with Crippen LogP contribution in [0.3, 0.4) is 0 Å². The van der Waals surface area contributed by atoms with E-state index in [2.05, 4.69) is 4.98 Å². The van der Waals surface area contributed by atoms with Gasteiger partial charge in [-0.1, -0.05) is 6.07 Å². The number of hydrogen-bond acceptors (Lipinski definition) is 5. The van der Waals surface area contributed by atoms with Crippen molar-refractivity contribution in [1.82, 2.24) is 4.98 Å². The van der Waals surface area contributed by atoms with Crippen LogP contribution >= 0.6 is 0 Å². The summed E-state index contributed by atoms with van der Waals surface area (Å²) >= 11 is 0. The Morgan fingerprint density at radius 3 is 2.46 bits per heavy atom. The number of fused-ring (bicyclic) bond motifs is 1. The van der Waals surface area contributed by atoms with E-state index in [1.807, 2.05) is 12.1 Å². The maximum atomic E-state index is 11.2. The SMILES string of the molecule is COc1cc(/C=C/c2nc3c(C(=O)O)cccc3o2)cc(OC)c1. The third-order valence-corrected chi connectivity index (χ3v) is 3.46. The van der Waals surface area contributed by atoms with E-state index in [9.17, 15) is 9.90 Å². The van der Waals surface area contributed by atoms with E-state index in [0.29, 0.717) is 28.5 Å². The third-order valence-electron chi connectivity index (χ3n) is 3.46. The number of oxazole rings is 1. The first-order chi connectivity index (χ1) is 11.6. The minimum atomic E-state index is -1.04. The topological polar surface area (TPSA) is 81.8 Å². The van der Waals surface area contributed by atoms with E-state index >= 15 is 0 Å². The van der Waals surface area contributed by atoms with Crippen molar-refractivity contribution in [1.29, 1.82) is 0 Å². The molecular weight excluding hydrogens is 310 g/mol. The molecule has 24 heavy (non-hydrogen) atoms. The van der Waals surface area contributed by atoms with Crippen LogP contribution in [0.25, 0.3) is 23.3 Å². The zero-order valence-corrected chi connectivity index (χ0v) is 13.1. The van der Waals surface area contributed by atoms with Crippen LogP contribution in [-0.2, 0) is 0 Å². The second-order valence-electron chi connectivity index (χ2n) is 4.99. The molecule has 0 saturated carbocycles. The first kappa shape index (κ1) is 15.6. The van der Waals surface area contributed by atoms with Crippen molar-refractivity contribution < 1.29 is 23.8 Å². The summed E-state index contributed by atoms with van der Waals surface area (Å²) in [5.74, 6) is 0.613. The van der Waals surface area contributed by atoms with Crippen molar-refractivity contribution in [3.05, 3.63) is 53.4 Å². The lowest BCUT2D eigenvalue weighted by Crippen LogP contribution is -1.96. The maximum Gasteiger partial charge on any atom is 0.338 e. The van der Waals surface area contributed by atoms with Crippen LogP contribution in [0.1, 0.15) is 21.8 Å². The molecule has 1 aromatic heterocycles. The van der Waals surface area contributed by atoms with E-state index in [4.69, 9.17) is 13.9 Å². The molecule has 0 atom stereocenters. The molecule has 0 radical (unpaired) electrons. The van der Waals surface area contributed by atoms with Gasteiger partial charge >= 0.3 is 5.97 Å². The van der Waals surface area contributed by atoms with Crippen molar-refractivity contribution in [2.45, 2.75) is 0 Å². The Morgan fingerprint density at radius 2 is 1.83 bits per heavy atom. The summed E-state index contributed by atoms with van der Waals surface area (Å²) in [6, 6.07) is 10.2. The molecule has 0 unspecified atom stereocenters. The number of aromatic carboxylic acids is 1. The number of carboxylic acids is 1. The molecule has 0 bridgehead atoms. The highest BCUT2D eigenvalue weighted by Gasteiger charge is 2.13. The number of carboxylic acid groups (broad SMARTS) is 1. The fourth-order valence-electron chi connectivity index (χ4n) is 2.30. The largest absolute Gasteiger partial charge is 0.497 e. The molecule has 122 valence electrons. The van der Waals surface area contributed by atoms with Gasteiger partial charge in [-0.3, -0.25) is 0 Å². The van der Waals surface area contributed by atoms with Gasteiger partial charge in [-0.25, -0.2) is 9.78 Å². The van der Waals surface area contributed by atoms with Gasteiger partial charge in [0.05, 0.1) is 19.8 Å². The molecule has 2 aromatic carbocycles. The highest BCUT2D eigenvalue weighted by Crippen LogP contribution is 2.25. The second-order valence-corrected chi connectivity index (χ2v) is 4.99. The van der Waals surface area contributed by atoms with Gasteiger partial charge in [-0.2, -0.15) is 0 Å². The van der Waals surface area contributed by atoms with Crippen LogP contribution < -0.4 is 9.47 Å². The first-order valence-electron chi connectivity index (χ1n) is 7.14. The number of carbonyl (C=O) groups is 1. The average molecular weight is 325 g/mol. The van der Waals surface area contributed by atoms with Crippen LogP contribution in [0.5, 0.6) is 11.5 Å². The lowest BCUT2D eigenvalue weighted by molar-refractivity contribution is 0.0699. The summed E-state index contributed by atoms with van der Waals surface area (Å²) in [6.45, 7) is 0.